The number of esters is 1. The van der Waals surface area contributed by atoms with Gasteiger partial charge in [-0.2, -0.15) is 0 Å². The summed E-state index contributed by atoms with van der Waals surface area (Å²) in [7, 11) is 0. The van der Waals surface area contributed by atoms with E-state index in [-0.39, 0.29) is 18.3 Å². The maximum Gasteiger partial charge on any atom is 0.377 e. The molecule has 0 atom stereocenters. The van der Waals surface area contributed by atoms with E-state index in [0.717, 1.165) is 16.5 Å². The van der Waals surface area contributed by atoms with Gasteiger partial charge in [0.2, 0.25) is 5.76 Å². The number of aromatic amines is 1. The Morgan fingerprint density at radius 1 is 1.33 bits per heavy atom. The molecule has 0 unspecified atom stereocenters. The number of benzene rings is 1. The Kier molecular flexibility index (Phi) is 4.60. The van der Waals surface area contributed by atoms with Crippen LogP contribution in [-0.4, -0.2) is 35.2 Å². The van der Waals surface area contributed by atoms with E-state index in [1.807, 2.05) is 30.5 Å². The number of para-hydroxylation sites is 1. The molecule has 3 aromatic rings. The van der Waals surface area contributed by atoms with E-state index < -0.39 is 5.97 Å². The minimum absolute atomic E-state index is 0.0147. The zero-order chi connectivity index (χ0) is 16.9. The fourth-order valence-electron chi connectivity index (χ4n) is 2.39. The molecular formula is C17H17N3O4. The monoisotopic (exact) mass is 327 g/mol. The minimum atomic E-state index is -0.706. The first-order valence-electron chi connectivity index (χ1n) is 7.55. The SMILES string of the molecule is Cc1cc(C(=O)OCC(=O)NCCc2c[nH]c3ccccc23)on1. The van der Waals surface area contributed by atoms with Gasteiger partial charge in [-0.15, -0.1) is 0 Å². The molecule has 0 saturated heterocycles. The van der Waals surface area contributed by atoms with Gasteiger partial charge in [0.15, 0.2) is 6.61 Å². The zero-order valence-corrected chi connectivity index (χ0v) is 13.2. The van der Waals surface area contributed by atoms with E-state index in [1.54, 1.807) is 6.92 Å². The maximum atomic E-state index is 11.7. The highest BCUT2D eigenvalue weighted by Crippen LogP contribution is 2.17. The van der Waals surface area contributed by atoms with Gasteiger partial charge in [0.05, 0.1) is 5.69 Å². The summed E-state index contributed by atoms with van der Waals surface area (Å²) in [5.41, 5.74) is 2.76. The first kappa shape index (κ1) is 15.8. The van der Waals surface area contributed by atoms with E-state index >= 15 is 0 Å². The van der Waals surface area contributed by atoms with Gasteiger partial charge < -0.3 is 19.6 Å². The van der Waals surface area contributed by atoms with Gasteiger partial charge in [0.1, 0.15) is 0 Å². The van der Waals surface area contributed by atoms with Crippen molar-refractivity contribution in [1.82, 2.24) is 15.5 Å². The van der Waals surface area contributed by atoms with Crippen molar-refractivity contribution in [2.45, 2.75) is 13.3 Å². The third-order valence-electron chi connectivity index (χ3n) is 3.55. The number of rotatable bonds is 6. The number of aromatic nitrogens is 2. The molecule has 0 aliphatic heterocycles. The number of ether oxygens (including phenoxy) is 1. The molecule has 1 aromatic carbocycles. The molecule has 0 radical (unpaired) electrons. The Morgan fingerprint density at radius 3 is 2.96 bits per heavy atom. The number of carbonyl (C=O) groups excluding carboxylic acids is 2. The van der Waals surface area contributed by atoms with Crippen LogP contribution in [-0.2, 0) is 16.0 Å². The lowest BCUT2D eigenvalue weighted by Gasteiger charge is -2.05. The first-order valence-corrected chi connectivity index (χ1v) is 7.55. The summed E-state index contributed by atoms with van der Waals surface area (Å²) in [5, 5.41) is 7.45. The van der Waals surface area contributed by atoms with Crippen molar-refractivity contribution >= 4 is 22.8 Å². The number of nitrogens with one attached hydrogen (secondary N) is 2. The lowest BCUT2D eigenvalue weighted by atomic mass is 10.1. The van der Waals surface area contributed by atoms with Crippen molar-refractivity contribution in [1.29, 1.82) is 0 Å². The standard InChI is InChI=1S/C17H17N3O4/c1-11-8-15(24-20-11)17(22)23-10-16(21)18-7-6-12-9-19-14-5-3-2-4-13(12)14/h2-5,8-9,19H,6-7,10H2,1H3,(H,18,21). The second kappa shape index (κ2) is 6.99. The van der Waals surface area contributed by atoms with Crippen LogP contribution in [0.4, 0.5) is 0 Å². The summed E-state index contributed by atoms with van der Waals surface area (Å²) in [6.07, 6.45) is 2.62. The van der Waals surface area contributed by atoms with Crippen LogP contribution in [0.15, 0.2) is 41.1 Å². The van der Waals surface area contributed by atoms with Crippen LogP contribution in [0, 0.1) is 6.92 Å². The highest BCUT2D eigenvalue weighted by molar-refractivity contribution is 5.88. The molecule has 7 heteroatoms. The molecule has 0 aliphatic rings. The van der Waals surface area contributed by atoms with Crippen LogP contribution in [0.1, 0.15) is 21.8 Å². The fourth-order valence-corrected chi connectivity index (χ4v) is 2.39. The quantitative estimate of drug-likeness (QED) is 0.675. The normalized spacial score (nSPS) is 10.7. The van der Waals surface area contributed by atoms with E-state index in [1.165, 1.54) is 6.07 Å². The van der Waals surface area contributed by atoms with Crippen molar-refractivity contribution in [3.05, 3.63) is 53.5 Å². The third-order valence-corrected chi connectivity index (χ3v) is 3.55. The molecule has 0 aliphatic carbocycles. The zero-order valence-electron chi connectivity index (χ0n) is 13.2. The van der Waals surface area contributed by atoms with Gasteiger partial charge in [-0.05, 0) is 25.0 Å². The largest absolute Gasteiger partial charge is 0.450 e. The predicted octanol–water partition coefficient (Wildman–Crippen LogP) is 1.98. The van der Waals surface area contributed by atoms with E-state index in [2.05, 4.69) is 15.5 Å². The summed E-state index contributed by atoms with van der Waals surface area (Å²) in [6.45, 7) is 1.80. The first-order chi connectivity index (χ1) is 11.6. The Labute approximate surface area is 138 Å². The Morgan fingerprint density at radius 2 is 2.17 bits per heavy atom. The molecule has 0 spiro atoms. The summed E-state index contributed by atoms with van der Waals surface area (Å²) in [4.78, 5) is 26.6. The van der Waals surface area contributed by atoms with Crippen molar-refractivity contribution in [3.63, 3.8) is 0 Å². The number of hydrogen-bond acceptors (Lipinski definition) is 5. The smallest absolute Gasteiger partial charge is 0.377 e. The Hall–Kier alpha value is -3.09. The van der Waals surface area contributed by atoms with Gasteiger partial charge in [-0.25, -0.2) is 4.79 Å². The van der Waals surface area contributed by atoms with E-state index in [4.69, 9.17) is 9.26 Å². The number of aryl methyl sites for hydroxylation is 1. The van der Waals surface area contributed by atoms with Gasteiger partial charge >= 0.3 is 5.97 Å². The third kappa shape index (κ3) is 3.62. The molecule has 7 nitrogen and oxygen atoms in total. The number of hydrogen-bond donors (Lipinski definition) is 2. The van der Waals surface area contributed by atoms with Gasteiger partial charge in [0.25, 0.3) is 5.91 Å². The molecule has 24 heavy (non-hydrogen) atoms. The number of amides is 1. The van der Waals surface area contributed by atoms with Gasteiger partial charge in [-0.1, -0.05) is 23.4 Å². The molecule has 0 saturated carbocycles. The van der Waals surface area contributed by atoms with Crippen molar-refractivity contribution < 1.29 is 18.8 Å². The number of fused-ring (bicyclic) bond motifs is 1. The van der Waals surface area contributed by atoms with Crippen LogP contribution in [0.2, 0.25) is 0 Å². The molecule has 2 heterocycles. The van der Waals surface area contributed by atoms with Gasteiger partial charge in [0, 0.05) is 29.7 Å². The average Bonchev–Trinajstić information content (AvgIpc) is 3.19. The topological polar surface area (TPSA) is 97.2 Å². The fraction of sp³-hybridized carbons (Fsp3) is 0.235. The predicted molar refractivity (Wildman–Crippen MR) is 86.5 cm³/mol. The van der Waals surface area contributed by atoms with E-state index in [9.17, 15) is 9.59 Å². The molecule has 0 bridgehead atoms. The molecule has 0 fully saturated rings. The van der Waals surface area contributed by atoms with Crippen LogP contribution in [0.3, 0.4) is 0 Å². The lowest BCUT2D eigenvalue weighted by Crippen LogP contribution is -2.30. The maximum absolute atomic E-state index is 11.7. The van der Waals surface area contributed by atoms with Crippen molar-refractivity contribution in [3.8, 4) is 0 Å². The van der Waals surface area contributed by atoms with Crippen LogP contribution in [0.5, 0.6) is 0 Å². The molecule has 2 N–H and O–H groups in total. The summed E-state index contributed by atoms with van der Waals surface area (Å²) in [5.74, 6) is -1.08. The lowest BCUT2D eigenvalue weighted by molar-refractivity contribution is -0.124. The molecular weight excluding hydrogens is 310 g/mol. The molecule has 124 valence electrons. The van der Waals surface area contributed by atoms with Crippen molar-refractivity contribution in [2.75, 3.05) is 13.2 Å². The van der Waals surface area contributed by atoms with Crippen LogP contribution < -0.4 is 5.32 Å². The second-order valence-electron chi connectivity index (χ2n) is 5.37. The molecule has 3 rings (SSSR count). The van der Waals surface area contributed by atoms with Gasteiger partial charge in [-0.3, -0.25) is 4.79 Å². The second-order valence-corrected chi connectivity index (χ2v) is 5.37. The Balaban J connectivity index is 1.43. The molecule has 1 amide bonds. The summed E-state index contributed by atoms with van der Waals surface area (Å²) in [6, 6.07) is 9.43. The highest BCUT2D eigenvalue weighted by Gasteiger charge is 2.14. The molecule has 2 aromatic heterocycles. The van der Waals surface area contributed by atoms with Crippen LogP contribution in [0.25, 0.3) is 10.9 Å². The number of nitrogens with zero attached hydrogens (tertiary/aromatic N) is 1. The van der Waals surface area contributed by atoms with Crippen molar-refractivity contribution in [2.24, 2.45) is 0 Å². The summed E-state index contributed by atoms with van der Waals surface area (Å²) < 4.78 is 9.64. The number of H-pyrrole nitrogens is 1. The highest BCUT2D eigenvalue weighted by atomic mass is 16.6. The van der Waals surface area contributed by atoms with Crippen LogP contribution >= 0.6 is 0 Å². The Bertz CT molecular complexity index is 865. The average molecular weight is 327 g/mol. The van der Waals surface area contributed by atoms with E-state index in [0.29, 0.717) is 18.7 Å². The summed E-state index contributed by atoms with van der Waals surface area (Å²) >= 11 is 0. The number of carbonyl (C=O) groups is 2. The minimum Gasteiger partial charge on any atom is -0.450 e.